The molecule has 20 heavy (non-hydrogen) atoms. The van der Waals surface area contributed by atoms with Crippen molar-refractivity contribution in [2.45, 2.75) is 6.42 Å². The molecule has 1 aromatic carbocycles. The number of primary amides is 1. The van der Waals surface area contributed by atoms with Crippen LogP contribution < -0.4 is 10.6 Å². The Balaban J connectivity index is 2.05. The first-order chi connectivity index (χ1) is 9.58. The van der Waals surface area contributed by atoms with Gasteiger partial charge in [0.05, 0.1) is 21.6 Å². The molecule has 2 aromatic rings. The van der Waals surface area contributed by atoms with Crippen LogP contribution in [0.3, 0.4) is 0 Å². The molecule has 6 nitrogen and oxygen atoms in total. The minimum atomic E-state index is -0.447. The Bertz CT molecular complexity index is 719. The summed E-state index contributed by atoms with van der Waals surface area (Å²) in [5.41, 5.74) is 7.38. The number of benzene rings is 1. The summed E-state index contributed by atoms with van der Waals surface area (Å²) in [5.74, 6) is -0.998. The maximum atomic E-state index is 12.0. The van der Waals surface area contributed by atoms with Crippen LogP contribution in [0.25, 0.3) is 11.0 Å². The van der Waals surface area contributed by atoms with Gasteiger partial charge in [-0.2, -0.15) is 0 Å². The molecule has 1 unspecified atom stereocenters. The van der Waals surface area contributed by atoms with Gasteiger partial charge in [0.15, 0.2) is 0 Å². The molecule has 1 aliphatic rings. The number of fused-ring (bicyclic) bond motifs is 1. The highest BCUT2D eigenvalue weighted by Crippen LogP contribution is 2.35. The van der Waals surface area contributed by atoms with Gasteiger partial charge in [0.25, 0.3) is 0 Å². The number of hydrogen-bond acceptors (Lipinski definition) is 4. The molecule has 1 saturated heterocycles. The second kappa shape index (κ2) is 4.82. The summed E-state index contributed by atoms with van der Waals surface area (Å²) in [6.07, 6.45) is 3.35. The lowest BCUT2D eigenvalue weighted by molar-refractivity contribution is -0.123. The van der Waals surface area contributed by atoms with Gasteiger partial charge in [0.1, 0.15) is 5.52 Å². The highest BCUT2D eigenvalue weighted by atomic mass is 79.9. The van der Waals surface area contributed by atoms with Gasteiger partial charge >= 0.3 is 0 Å². The van der Waals surface area contributed by atoms with E-state index in [0.717, 1.165) is 5.52 Å². The number of rotatable bonds is 2. The minimum Gasteiger partial charge on any atom is -0.369 e. The number of carbonyl (C=O) groups excluding carboxylic acids is 2. The van der Waals surface area contributed by atoms with Crippen LogP contribution in [0, 0.1) is 5.92 Å². The summed E-state index contributed by atoms with van der Waals surface area (Å²) in [6.45, 7) is 0.304. The van der Waals surface area contributed by atoms with Crippen molar-refractivity contribution in [1.82, 2.24) is 9.97 Å². The van der Waals surface area contributed by atoms with Gasteiger partial charge in [-0.25, -0.2) is 0 Å². The Morgan fingerprint density at radius 2 is 2.10 bits per heavy atom. The SMILES string of the molecule is NC(=O)C1CC(=O)N(c2ccc3nccnc3c2Br)C1. The zero-order chi connectivity index (χ0) is 14.3. The van der Waals surface area contributed by atoms with Crippen molar-refractivity contribution in [3.63, 3.8) is 0 Å². The molecule has 2 heterocycles. The van der Waals surface area contributed by atoms with E-state index < -0.39 is 11.8 Å². The average molecular weight is 335 g/mol. The molecule has 2 amide bonds. The Morgan fingerprint density at radius 3 is 2.80 bits per heavy atom. The Hall–Kier alpha value is -2.02. The molecular formula is C13H11BrN4O2. The van der Waals surface area contributed by atoms with Crippen molar-refractivity contribution < 1.29 is 9.59 Å². The molecule has 1 aromatic heterocycles. The summed E-state index contributed by atoms with van der Waals surface area (Å²) in [4.78, 5) is 33.3. The second-order valence-corrected chi connectivity index (χ2v) is 5.42. The van der Waals surface area contributed by atoms with Gasteiger partial charge in [-0.05, 0) is 28.1 Å². The van der Waals surface area contributed by atoms with Crippen molar-refractivity contribution in [3.8, 4) is 0 Å². The van der Waals surface area contributed by atoms with Crippen molar-refractivity contribution in [2.24, 2.45) is 11.7 Å². The first-order valence-electron chi connectivity index (χ1n) is 6.07. The van der Waals surface area contributed by atoms with Crippen LogP contribution in [-0.2, 0) is 9.59 Å². The zero-order valence-electron chi connectivity index (χ0n) is 10.4. The number of nitrogens with two attached hydrogens (primary N) is 1. The highest BCUT2D eigenvalue weighted by molar-refractivity contribution is 9.10. The number of carbonyl (C=O) groups is 2. The molecule has 0 saturated carbocycles. The van der Waals surface area contributed by atoms with Crippen LogP contribution in [0.15, 0.2) is 29.0 Å². The molecule has 0 bridgehead atoms. The number of nitrogens with zero attached hydrogens (tertiary/aromatic N) is 3. The van der Waals surface area contributed by atoms with Gasteiger partial charge in [-0.1, -0.05) is 0 Å². The van der Waals surface area contributed by atoms with Crippen LogP contribution in [0.1, 0.15) is 6.42 Å². The fourth-order valence-electron chi connectivity index (χ4n) is 2.33. The summed E-state index contributed by atoms with van der Waals surface area (Å²) in [6, 6.07) is 3.59. The van der Waals surface area contributed by atoms with Crippen LogP contribution in [0.5, 0.6) is 0 Å². The molecule has 2 N–H and O–H groups in total. The Morgan fingerprint density at radius 1 is 1.35 bits per heavy atom. The lowest BCUT2D eigenvalue weighted by Gasteiger charge is -2.18. The summed E-state index contributed by atoms with van der Waals surface area (Å²) >= 11 is 3.46. The van der Waals surface area contributed by atoms with Crippen molar-refractivity contribution in [2.75, 3.05) is 11.4 Å². The third-order valence-corrected chi connectivity index (χ3v) is 4.16. The Labute approximate surface area is 123 Å². The van der Waals surface area contributed by atoms with E-state index in [9.17, 15) is 9.59 Å². The zero-order valence-corrected chi connectivity index (χ0v) is 12.0. The van der Waals surface area contributed by atoms with Gasteiger partial charge in [-0.15, -0.1) is 0 Å². The van der Waals surface area contributed by atoms with E-state index in [-0.39, 0.29) is 12.3 Å². The quantitative estimate of drug-likeness (QED) is 0.894. The van der Waals surface area contributed by atoms with Gasteiger partial charge in [0, 0.05) is 25.4 Å². The van der Waals surface area contributed by atoms with E-state index in [2.05, 4.69) is 25.9 Å². The molecule has 0 aliphatic carbocycles. The van der Waals surface area contributed by atoms with Gasteiger partial charge in [-0.3, -0.25) is 19.6 Å². The fraction of sp³-hybridized carbons (Fsp3) is 0.231. The Kier molecular flexibility index (Phi) is 3.13. The third-order valence-electron chi connectivity index (χ3n) is 3.38. The number of anilines is 1. The third kappa shape index (κ3) is 2.03. The number of hydrogen-bond donors (Lipinski definition) is 1. The molecule has 1 atom stereocenters. The predicted molar refractivity (Wildman–Crippen MR) is 76.9 cm³/mol. The van der Waals surface area contributed by atoms with E-state index in [0.29, 0.717) is 22.2 Å². The van der Waals surface area contributed by atoms with Crippen LogP contribution in [0.2, 0.25) is 0 Å². The summed E-state index contributed by atoms with van der Waals surface area (Å²) in [7, 11) is 0. The predicted octanol–water partition coefficient (Wildman–Crippen LogP) is 1.23. The first kappa shape index (κ1) is 13.0. The normalized spacial score (nSPS) is 18.8. The van der Waals surface area contributed by atoms with Crippen molar-refractivity contribution >= 4 is 44.5 Å². The van der Waals surface area contributed by atoms with E-state index in [1.807, 2.05) is 0 Å². The smallest absolute Gasteiger partial charge is 0.227 e. The van der Waals surface area contributed by atoms with E-state index in [1.165, 1.54) is 0 Å². The van der Waals surface area contributed by atoms with Crippen LogP contribution in [0.4, 0.5) is 5.69 Å². The molecule has 102 valence electrons. The molecule has 1 aliphatic heterocycles. The largest absolute Gasteiger partial charge is 0.369 e. The standard InChI is InChI=1S/C13H11BrN4O2/c14-11-9(2-1-8-12(11)17-4-3-16-8)18-6-7(13(15)20)5-10(18)19/h1-4,7H,5-6H2,(H2,15,20). The maximum Gasteiger partial charge on any atom is 0.227 e. The fourth-order valence-corrected chi connectivity index (χ4v) is 2.98. The molecule has 7 heteroatoms. The second-order valence-electron chi connectivity index (χ2n) is 4.63. The van der Waals surface area contributed by atoms with Crippen LogP contribution >= 0.6 is 15.9 Å². The topological polar surface area (TPSA) is 89.2 Å². The summed E-state index contributed by atoms with van der Waals surface area (Å²) < 4.78 is 0.696. The molecule has 1 fully saturated rings. The van der Waals surface area contributed by atoms with Crippen molar-refractivity contribution in [3.05, 3.63) is 29.0 Å². The van der Waals surface area contributed by atoms with Gasteiger partial charge < -0.3 is 10.6 Å². The lowest BCUT2D eigenvalue weighted by Crippen LogP contribution is -2.28. The van der Waals surface area contributed by atoms with Gasteiger partial charge in [0.2, 0.25) is 11.8 Å². The number of halogens is 1. The lowest BCUT2D eigenvalue weighted by atomic mass is 10.1. The molecular weight excluding hydrogens is 324 g/mol. The van der Waals surface area contributed by atoms with E-state index in [4.69, 9.17) is 5.73 Å². The molecule has 0 radical (unpaired) electrons. The first-order valence-corrected chi connectivity index (χ1v) is 6.86. The van der Waals surface area contributed by atoms with Crippen LogP contribution in [-0.4, -0.2) is 28.3 Å². The van der Waals surface area contributed by atoms with E-state index in [1.54, 1.807) is 29.4 Å². The highest BCUT2D eigenvalue weighted by Gasteiger charge is 2.35. The molecule has 3 rings (SSSR count). The minimum absolute atomic E-state index is 0.113. The summed E-state index contributed by atoms with van der Waals surface area (Å²) in [5, 5.41) is 0. The number of aromatic nitrogens is 2. The maximum absolute atomic E-state index is 12.0. The van der Waals surface area contributed by atoms with Crippen molar-refractivity contribution in [1.29, 1.82) is 0 Å². The monoisotopic (exact) mass is 334 g/mol. The number of amides is 2. The molecule has 0 spiro atoms. The van der Waals surface area contributed by atoms with E-state index >= 15 is 0 Å². The average Bonchev–Trinajstić information content (AvgIpc) is 2.82.